The molecule has 0 aliphatic carbocycles. The lowest BCUT2D eigenvalue weighted by molar-refractivity contribution is 0.392. The maximum Gasteiger partial charge on any atom is 0.102 e. The van der Waals surface area contributed by atoms with Crippen molar-refractivity contribution in [3.05, 3.63) is 11.8 Å². The molecule has 2 N–H and O–H groups in total. The van der Waals surface area contributed by atoms with Crippen molar-refractivity contribution in [2.45, 2.75) is 26.4 Å². The second kappa shape index (κ2) is 2.23. The molecule has 0 saturated heterocycles. The molecule has 1 rings (SSSR count). The molecule has 1 aliphatic heterocycles. The van der Waals surface area contributed by atoms with E-state index >= 15 is 0 Å². The molecule has 1 aliphatic rings. The molecule has 0 spiro atoms. The molecule has 1 heterocycles. The van der Waals surface area contributed by atoms with Gasteiger partial charge in [0.1, 0.15) is 10.7 Å². The van der Waals surface area contributed by atoms with E-state index in [4.69, 9.17) is 12.2 Å². The highest BCUT2D eigenvalue weighted by Crippen LogP contribution is 2.06. The molecule has 0 amide bonds. The van der Waals surface area contributed by atoms with Gasteiger partial charge in [0.05, 0.1) is 0 Å². The molecule has 0 aromatic carbocycles. The monoisotopic (exact) mass is 156 g/mol. The molecular weight excluding hydrogens is 144 g/mol. The average molecular weight is 156 g/mol. The van der Waals surface area contributed by atoms with Crippen LogP contribution in [0.4, 0.5) is 0 Å². The maximum atomic E-state index is 5.00. The van der Waals surface area contributed by atoms with Crippen LogP contribution < -0.4 is 10.6 Å². The third-order valence-electron chi connectivity index (χ3n) is 1.29. The quantitative estimate of drug-likeness (QED) is 0.514. The molecule has 0 bridgehead atoms. The zero-order valence-electron chi connectivity index (χ0n) is 6.49. The average Bonchev–Trinajstić information content (AvgIpc) is 1.54. The molecule has 0 aromatic heterocycles. The highest BCUT2D eigenvalue weighted by Gasteiger charge is 2.20. The van der Waals surface area contributed by atoms with Crippen molar-refractivity contribution in [1.82, 2.24) is 10.6 Å². The Hall–Kier alpha value is -0.570. The van der Waals surface area contributed by atoms with Crippen molar-refractivity contribution in [2.24, 2.45) is 0 Å². The van der Waals surface area contributed by atoms with E-state index in [1.807, 2.05) is 13.0 Å². The van der Waals surface area contributed by atoms with Gasteiger partial charge in [-0.3, -0.25) is 0 Å². The van der Waals surface area contributed by atoms with Gasteiger partial charge >= 0.3 is 0 Å². The molecule has 10 heavy (non-hydrogen) atoms. The van der Waals surface area contributed by atoms with E-state index in [0.29, 0.717) is 0 Å². The Labute approximate surface area is 66.7 Å². The van der Waals surface area contributed by atoms with Crippen LogP contribution in [-0.4, -0.2) is 10.7 Å². The van der Waals surface area contributed by atoms with Crippen molar-refractivity contribution >= 4 is 17.2 Å². The molecule has 56 valence electrons. The van der Waals surface area contributed by atoms with Gasteiger partial charge < -0.3 is 10.6 Å². The molecular formula is C7H12N2S. The van der Waals surface area contributed by atoms with Gasteiger partial charge in [-0.2, -0.15) is 0 Å². The van der Waals surface area contributed by atoms with Crippen LogP contribution in [0.25, 0.3) is 0 Å². The van der Waals surface area contributed by atoms with Crippen LogP contribution >= 0.6 is 12.2 Å². The summed E-state index contributed by atoms with van der Waals surface area (Å²) in [6.07, 6.45) is 1.92. The van der Waals surface area contributed by atoms with Crippen LogP contribution in [0.2, 0.25) is 0 Å². The summed E-state index contributed by atoms with van der Waals surface area (Å²) in [6.45, 7) is 6.11. The molecule has 0 aromatic rings. The van der Waals surface area contributed by atoms with E-state index in [0.717, 1.165) is 10.7 Å². The third-order valence-corrected chi connectivity index (χ3v) is 1.51. The SMILES string of the molecule is CC1=CC(=S)NC(C)(C)N1. The zero-order chi connectivity index (χ0) is 7.78. The largest absolute Gasteiger partial charge is 0.367 e. The molecule has 0 fully saturated rings. The van der Waals surface area contributed by atoms with E-state index in [1.54, 1.807) is 0 Å². The normalized spacial score (nSPS) is 22.7. The predicted octanol–water partition coefficient (Wildman–Crippen LogP) is 1.15. The summed E-state index contributed by atoms with van der Waals surface area (Å²) < 4.78 is 0. The standard InChI is InChI=1S/C7H12N2S/c1-5-4-6(10)9-7(2,3)8-5/h4,8H,1-3H3,(H,9,10). The molecule has 3 heteroatoms. The summed E-state index contributed by atoms with van der Waals surface area (Å²) in [7, 11) is 0. The highest BCUT2D eigenvalue weighted by atomic mass is 32.1. The highest BCUT2D eigenvalue weighted by molar-refractivity contribution is 7.80. The van der Waals surface area contributed by atoms with Crippen LogP contribution in [0.1, 0.15) is 20.8 Å². The van der Waals surface area contributed by atoms with Crippen molar-refractivity contribution in [2.75, 3.05) is 0 Å². The third kappa shape index (κ3) is 1.70. The second-order valence-electron chi connectivity index (χ2n) is 3.07. The molecule has 0 radical (unpaired) electrons. The molecule has 0 unspecified atom stereocenters. The topological polar surface area (TPSA) is 24.1 Å². The van der Waals surface area contributed by atoms with E-state index in [2.05, 4.69) is 24.5 Å². The maximum absolute atomic E-state index is 5.00. The fourth-order valence-corrected chi connectivity index (χ4v) is 1.53. The van der Waals surface area contributed by atoms with Crippen LogP contribution in [0, 0.1) is 0 Å². The van der Waals surface area contributed by atoms with Gasteiger partial charge in [-0.15, -0.1) is 0 Å². The fourth-order valence-electron chi connectivity index (χ4n) is 1.10. The van der Waals surface area contributed by atoms with Crippen molar-refractivity contribution in [1.29, 1.82) is 0 Å². The predicted molar refractivity (Wildman–Crippen MR) is 46.7 cm³/mol. The second-order valence-corrected chi connectivity index (χ2v) is 3.51. The number of hydrogen-bond acceptors (Lipinski definition) is 2. The first-order valence-corrected chi connectivity index (χ1v) is 3.69. The van der Waals surface area contributed by atoms with Gasteiger partial charge in [0.2, 0.25) is 0 Å². The van der Waals surface area contributed by atoms with Crippen molar-refractivity contribution in [3.63, 3.8) is 0 Å². The number of thiocarbonyl (C=S) groups is 1. The van der Waals surface area contributed by atoms with Crippen LogP contribution in [0.5, 0.6) is 0 Å². The number of nitrogens with one attached hydrogen (secondary N) is 2. The summed E-state index contributed by atoms with van der Waals surface area (Å²) in [4.78, 5) is 0.807. The Balaban J connectivity index is 2.80. The Morgan fingerprint density at radius 2 is 2.00 bits per heavy atom. The minimum absolute atomic E-state index is 0.0874. The molecule has 0 atom stereocenters. The van der Waals surface area contributed by atoms with Gasteiger partial charge in [0.25, 0.3) is 0 Å². The lowest BCUT2D eigenvalue weighted by atomic mass is 10.2. The number of rotatable bonds is 0. The number of hydrogen-bond donors (Lipinski definition) is 2. The summed E-state index contributed by atoms with van der Waals surface area (Å²) >= 11 is 5.00. The lowest BCUT2D eigenvalue weighted by Gasteiger charge is -2.33. The Bertz CT molecular complexity index is 194. The summed E-state index contributed by atoms with van der Waals surface area (Å²) in [5, 5.41) is 6.38. The summed E-state index contributed by atoms with van der Waals surface area (Å²) in [6, 6.07) is 0. The smallest absolute Gasteiger partial charge is 0.102 e. The first-order chi connectivity index (χ1) is 4.49. The minimum atomic E-state index is -0.0874. The first-order valence-electron chi connectivity index (χ1n) is 3.28. The Kier molecular flexibility index (Phi) is 1.68. The van der Waals surface area contributed by atoms with Gasteiger partial charge in [-0.1, -0.05) is 12.2 Å². The Morgan fingerprint density at radius 3 is 2.40 bits per heavy atom. The van der Waals surface area contributed by atoms with E-state index in [1.165, 1.54) is 0 Å². The van der Waals surface area contributed by atoms with E-state index in [-0.39, 0.29) is 5.66 Å². The summed E-state index contributed by atoms with van der Waals surface area (Å²) in [5.41, 5.74) is 1.03. The van der Waals surface area contributed by atoms with E-state index in [9.17, 15) is 0 Å². The molecule has 0 saturated carbocycles. The lowest BCUT2D eigenvalue weighted by Crippen LogP contribution is -2.55. The Morgan fingerprint density at radius 1 is 1.40 bits per heavy atom. The van der Waals surface area contributed by atoms with Crippen LogP contribution in [0.3, 0.4) is 0 Å². The summed E-state index contributed by atoms with van der Waals surface area (Å²) in [5.74, 6) is 0. The van der Waals surface area contributed by atoms with Gasteiger partial charge in [-0.05, 0) is 26.8 Å². The van der Waals surface area contributed by atoms with Gasteiger partial charge in [0.15, 0.2) is 0 Å². The zero-order valence-corrected chi connectivity index (χ0v) is 7.30. The van der Waals surface area contributed by atoms with Gasteiger partial charge in [0, 0.05) is 5.70 Å². The minimum Gasteiger partial charge on any atom is -0.367 e. The van der Waals surface area contributed by atoms with Gasteiger partial charge in [-0.25, -0.2) is 0 Å². The van der Waals surface area contributed by atoms with Crippen molar-refractivity contribution in [3.8, 4) is 0 Å². The van der Waals surface area contributed by atoms with Crippen LogP contribution in [0.15, 0.2) is 11.8 Å². The fraction of sp³-hybridized carbons (Fsp3) is 0.571. The first kappa shape index (κ1) is 7.54. The number of allylic oxidation sites excluding steroid dienone is 1. The van der Waals surface area contributed by atoms with Crippen LogP contribution in [-0.2, 0) is 0 Å². The van der Waals surface area contributed by atoms with Crippen molar-refractivity contribution < 1.29 is 0 Å². The van der Waals surface area contributed by atoms with E-state index < -0.39 is 0 Å². The molecule has 2 nitrogen and oxygen atoms in total.